The fourth-order valence-electron chi connectivity index (χ4n) is 8.45. The average Bonchev–Trinajstić information content (AvgIpc) is 3.56. The zero-order valence-corrected chi connectivity index (χ0v) is 34.7. The number of furan rings is 1. The van der Waals surface area contributed by atoms with E-state index in [4.69, 9.17) is 13.5 Å². The van der Waals surface area contributed by atoms with Crippen LogP contribution in [0.1, 0.15) is 67.8 Å². The monoisotopic (exact) mass is 926 g/mol. The number of pyridine rings is 2. The third kappa shape index (κ3) is 7.20. The molecule has 57 heavy (non-hydrogen) atoms. The number of rotatable bonds is 3. The van der Waals surface area contributed by atoms with Crippen LogP contribution in [0.15, 0.2) is 138 Å². The van der Waals surface area contributed by atoms with Crippen LogP contribution in [0, 0.1) is 24.8 Å². The first-order valence-electron chi connectivity index (χ1n) is 20.7. The van der Waals surface area contributed by atoms with Gasteiger partial charge < -0.3 is 14.4 Å². The molecule has 5 heteroatoms. The third-order valence-corrected chi connectivity index (χ3v) is 11.6. The Labute approximate surface area is 351 Å². The van der Waals surface area contributed by atoms with Crippen LogP contribution < -0.4 is 0 Å². The van der Waals surface area contributed by atoms with Gasteiger partial charge in [-0.2, -0.15) is 0 Å². The second kappa shape index (κ2) is 15.1. The van der Waals surface area contributed by atoms with Crippen LogP contribution in [0.5, 0.6) is 0 Å². The summed E-state index contributed by atoms with van der Waals surface area (Å²) in [5.41, 5.74) is 8.97. The molecule has 3 aromatic heterocycles. The van der Waals surface area contributed by atoms with Crippen molar-refractivity contribution in [3.8, 4) is 33.6 Å². The van der Waals surface area contributed by atoms with E-state index >= 15 is 0 Å². The van der Waals surface area contributed by atoms with E-state index < -0.39 is 6.85 Å². The van der Waals surface area contributed by atoms with Crippen molar-refractivity contribution in [1.82, 2.24) is 9.97 Å². The van der Waals surface area contributed by atoms with Crippen molar-refractivity contribution < 1.29 is 33.0 Å². The molecule has 6 aromatic carbocycles. The molecule has 285 valence electrons. The first kappa shape index (κ1) is 34.7. The van der Waals surface area contributed by atoms with Gasteiger partial charge in [0.1, 0.15) is 5.58 Å². The number of hydrogen-bond acceptors (Lipinski definition) is 3. The summed E-state index contributed by atoms with van der Waals surface area (Å²) in [6.45, 7) is 6.94. The van der Waals surface area contributed by atoms with Gasteiger partial charge in [-0.05, 0) is 109 Å². The molecule has 0 fully saturated rings. The van der Waals surface area contributed by atoms with Crippen molar-refractivity contribution in [2.75, 3.05) is 0 Å². The van der Waals surface area contributed by atoms with Gasteiger partial charge in [0.15, 0.2) is 0 Å². The first-order valence-corrected chi connectivity index (χ1v) is 19.2. The van der Waals surface area contributed by atoms with Gasteiger partial charge in [-0.25, -0.2) is 0 Å². The second-order valence-corrected chi connectivity index (χ2v) is 16.2. The Bertz CT molecular complexity index is 3030. The SMILES string of the molecule is Fc1c[c-]c(-c2ccccn2)cc1.[2H]C([2H])([2H])c1cnc(-c2[c-]ccc3c2oc2cc4c(ccc5ccccc54)cc23)cc1-c1ccc2c(c1)C(C)(C)CCCC2(C)C.[Ir]. The molecule has 0 unspecified atom stereocenters. The van der Waals surface area contributed by atoms with E-state index in [1.165, 1.54) is 40.2 Å². The average molecular weight is 926 g/mol. The molecule has 0 atom stereocenters. The summed E-state index contributed by atoms with van der Waals surface area (Å²) in [6.07, 6.45) is 6.61. The van der Waals surface area contributed by atoms with Crippen molar-refractivity contribution in [2.24, 2.45) is 0 Å². The Morgan fingerprint density at radius 1 is 0.702 bits per heavy atom. The van der Waals surface area contributed by atoms with E-state index in [0.717, 1.165) is 68.8 Å². The maximum Gasteiger partial charge on any atom is 0.121 e. The van der Waals surface area contributed by atoms with Crippen LogP contribution in [0.3, 0.4) is 0 Å². The standard InChI is InChI=1S/C41H36NO.C11H7FN.Ir/c1-25-24-42-37(22-32(25)28-16-17-35-36(21-28)41(4,5)19-9-18-40(35,2)3)31-13-8-12-30-34-20-27-15-14-26-10-6-7-11-29(26)33(27)23-38(34)43-39(30)31;12-10-6-4-9(5-7-10)11-3-1-2-8-13-11;/h6-8,10-12,14-17,20-24H,9,18-19H2,1-5H3;1-4,6-8H;/q2*-1;/i1D3;;. The zero-order valence-electron chi connectivity index (χ0n) is 35.3. The normalized spacial score (nSPS) is 15.4. The molecule has 0 saturated heterocycles. The summed E-state index contributed by atoms with van der Waals surface area (Å²) < 4.78 is 44.4. The number of nitrogens with zero attached hydrogens (tertiary/aromatic N) is 2. The van der Waals surface area contributed by atoms with Crippen LogP contribution in [0.2, 0.25) is 0 Å². The maximum atomic E-state index is 12.6. The predicted octanol–water partition coefficient (Wildman–Crippen LogP) is 14.2. The van der Waals surface area contributed by atoms with Crippen molar-refractivity contribution >= 4 is 43.5 Å². The van der Waals surface area contributed by atoms with Gasteiger partial charge in [0.25, 0.3) is 0 Å². The van der Waals surface area contributed by atoms with Gasteiger partial charge in [-0.1, -0.05) is 118 Å². The Hall–Kier alpha value is -5.48. The molecule has 0 saturated carbocycles. The molecular formula is C52H43FIrN2O-2. The minimum Gasteiger partial charge on any atom is -0.501 e. The molecule has 9 aromatic rings. The number of fused-ring (bicyclic) bond motifs is 7. The Balaban J connectivity index is 0.000000304. The molecule has 3 nitrogen and oxygen atoms in total. The predicted molar refractivity (Wildman–Crippen MR) is 229 cm³/mol. The van der Waals surface area contributed by atoms with Crippen molar-refractivity contribution in [3.63, 3.8) is 0 Å². The number of benzene rings is 6. The summed E-state index contributed by atoms with van der Waals surface area (Å²) in [4.78, 5) is 8.85. The molecule has 0 aliphatic heterocycles. The molecule has 1 radical (unpaired) electrons. The first-order chi connectivity index (χ1) is 28.3. The number of halogens is 1. The Morgan fingerprint density at radius 2 is 1.51 bits per heavy atom. The van der Waals surface area contributed by atoms with Gasteiger partial charge >= 0.3 is 0 Å². The molecule has 0 N–H and O–H groups in total. The third-order valence-electron chi connectivity index (χ3n) is 11.6. The second-order valence-electron chi connectivity index (χ2n) is 16.2. The number of aromatic nitrogens is 2. The van der Waals surface area contributed by atoms with Crippen LogP contribution in [0.25, 0.3) is 77.1 Å². The fraction of sp³-hybridized carbons (Fsp3) is 0.192. The van der Waals surface area contributed by atoms with Crippen molar-refractivity contribution in [1.29, 1.82) is 0 Å². The van der Waals surface area contributed by atoms with Crippen molar-refractivity contribution in [2.45, 2.75) is 64.6 Å². The summed E-state index contributed by atoms with van der Waals surface area (Å²) in [5.74, 6) is -0.278. The van der Waals surface area contributed by atoms with Gasteiger partial charge in [0.2, 0.25) is 0 Å². The van der Waals surface area contributed by atoms with E-state index in [2.05, 4.69) is 112 Å². The molecular weight excluding hydrogens is 880 g/mol. The van der Waals surface area contributed by atoms with Crippen molar-refractivity contribution in [3.05, 3.63) is 168 Å². The Morgan fingerprint density at radius 3 is 2.30 bits per heavy atom. The van der Waals surface area contributed by atoms with Gasteiger partial charge in [0, 0.05) is 47.8 Å². The Kier molecular flexibility index (Phi) is 9.22. The molecule has 1 aliphatic rings. The molecule has 10 rings (SSSR count). The molecule has 1 aliphatic carbocycles. The summed E-state index contributed by atoms with van der Waals surface area (Å²) in [5, 5.41) is 6.69. The largest absolute Gasteiger partial charge is 0.501 e. The summed E-state index contributed by atoms with van der Waals surface area (Å²) in [7, 11) is 0. The number of hydrogen-bond donors (Lipinski definition) is 0. The number of aryl methyl sites for hydroxylation is 1. The van der Waals surface area contributed by atoms with E-state index in [0.29, 0.717) is 16.8 Å². The minimum atomic E-state index is -2.32. The smallest absolute Gasteiger partial charge is 0.121 e. The quantitative estimate of drug-likeness (QED) is 0.101. The van der Waals surface area contributed by atoms with E-state index in [9.17, 15) is 4.39 Å². The van der Waals surface area contributed by atoms with Crippen LogP contribution in [-0.4, -0.2) is 9.97 Å². The van der Waals surface area contributed by atoms with Gasteiger partial charge in [-0.3, -0.25) is 4.39 Å². The van der Waals surface area contributed by atoms with E-state index in [1.54, 1.807) is 12.3 Å². The topological polar surface area (TPSA) is 38.9 Å². The summed E-state index contributed by atoms with van der Waals surface area (Å²) in [6, 6.07) is 45.6. The van der Waals surface area contributed by atoms with Crippen LogP contribution >= 0.6 is 0 Å². The maximum absolute atomic E-state index is 12.6. The molecule has 0 bridgehead atoms. The molecule has 3 heterocycles. The van der Waals surface area contributed by atoms with Gasteiger partial charge in [0.05, 0.1) is 5.58 Å². The molecule has 0 amide bonds. The van der Waals surface area contributed by atoms with Crippen LogP contribution in [-0.2, 0) is 30.9 Å². The van der Waals surface area contributed by atoms with E-state index in [-0.39, 0.29) is 42.3 Å². The zero-order chi connectivity index (χ0) is 41.1. The molecule has 0 spiro atoms. The van der Waals surface area contributed by atoms with E-state index in [1.807, 2.05) is 36.4 Å². The van der Waals surface area contributed by atoms with Gasteiger partial charge in [-0.15, -0.1) is 48.0 Å². The minimum absolute atomic E-state index is 0. The fourth-order valence-corrected chi connectivity index (χ4v) is 8.45. The van der Waals surface area contributed by atoms with Crippen LogP contribution in [0.4, 0.5) is 4.39 Å². The summed E-state index contributed by atoms with van der Waals surface area (Å²) >= 11 is 0.